The molecule has 3 aromatic rings. The van der Waals surface area contributed by atoms with E-state index in [1.807, 2.05) is 31.2 Å². The van der Waals surface area contributed by atoms with Crippen LogP contribution in [0.2, 0.25) is 0 Å². The van der Waals surface area contributed by atoms with Gasteiger partial charge < -0.3 is 10.1 Å². The Hall–Kier alpha value is -2.69. The monoisotopic (exact) mass is 253 g/mol. The van der Waals surface area contributed by atoms with Crippen molar-refractivity contribution in [1.82, 2.24) is 15.0 Å². The average molecular weight is 253 g/mol. The Bertz CT molecular complexity index is 777. The molecule has 19 heavy (non-hydrogen) atoms. The molecule has 0 amide bonds. The molecule has 2 N–H and O–H groups in total. The molecule has 1 aromatic carbocycles. The first-order valence-electron chi connectivity index (χ1n) is 5.79. The number of benzene rings is 1. The second-order valence-corrected chi connectivity index (χ2v) is 4.34. The number of rotatable bonds is 2. The topological polar surface area (TPSA) is 78.9 Å². The van der Waals surface area contributed by atoms with Crippen molar-refractivity contribution in [2.24, 2.45) is 0 Å². The number of hydrogen-bond donors (Lipinski definition) is 2. The maximum atomic E-state index is 11.0. The van der Waals surface area contributed by atoms with Crippen LogP contribution < -0.4 is 0 Å². The second-order valence-electron chi connectivity index (χ2n) is 4.34. The zero-order chi connectivity index (χ0) is 13.4. The highest BCUT2D eigenvalue weighted by molar-refractivity contribution is 5.97. The van der Waals surface area contributed by atoms with E-state index in [-0.39, 0.29) is 5.69 Å². The van der Waals surface area contributed by atoms with Gasteiger partial charge in [-0.2, -0.15) is 0 Å². The van der Waals surface area contributed by atoms with Crippen molar-refractivity contribution in [2.45, 2.75) is 6.92 Å². The molecule has 0 bridgehead atoms. The number of aromatic carboxylic acids is 1. The van der Waals surface area contributed by atoms with Gasteiger partial charge in [0.15, 0.2) is 0 Å². The van der Waals surface area contributed by atoms with Crippen LogP contribution in [-0.2, 0) is 0 Å². The number of carboxylic acids is 1. The Kier molecular flexibility index (Phi) is 2.52. The molecule has 0 aliphatic rings. The first-order valence-corrected chi connectivity index (χ1v) is 5.79. The fourth-order valence-corrected chi connectivity index (χ4v) is 2.08. The van der Waals surface area contributed by atoms with Gasteiger partial charge in [0.25, 0.3) is 0 Å². The molecule has 94 valence electrons. The summed E-state index contributed by atoms with van der Waals surface area (Å²) in [5.41, 5.74) is 3.45. The molecule has 0 fully saturated rings. The van der Waals surface area contributed by atoms with Crippen LogP contribution in [-0.4, -0.2) is 26.0 Å². The third-order valence-corrected chi connectivity index (χ3v) is 2.95. The summed E-state index contributed by atoms with van der Waals surface area (Å²) in [7, 11) is 0. The van der Waals surface area contributed by atoms with E-state index in [4.69, 9.17) is 5.11 Å². The number of hydrogen-bond acceptors (Lipinski definition) is 3. The number of nitrogens with one attached hydrogen (secondary N) is 1. The molecule has 0 radical (unpaired) electrons. The van der Waals surface area contributed by atoms with E-state index < -0.39 is 5.97 Å². The SMILES string of the molecule is Cc1cccc(-c2ncnc3[nH]c(C(=O)O)cc23)c1. The molecule has 0 saturated heterocycles. The lowest BCUT2D eigenvalue weighted by Crippen LogP contribution is -1.94. The molecule has 0 saturated carbocycles. The van der Waals surface area contributed by atoms with Gasteiger partial charge >= 0.3 is 5.97 Å². The lowest BCUT2D eigenvalue weighted by atomic mass is 10.1. The number of aromatic nitrogens is 3. The summed E-state index contributed by atoms with van der Waals surface area (Å²) in [6.07, 6.45) is 1.43. The molecule has 0 spiro atoms. The van der Waals surface area contributed by atoms with Gasteiger partial charge in [0, 0.05) is 10.9 Å². The van der Waals surface area contributed by atoms with E-state index in [0.29, 0.717) is 11.0 Å². The van der Waals surface area contributed by atoms with Crippen molar-refractivity contribution in [3.63, 3.8) is 0 Å². The number of aromatic amines is 1. The number of aryl methyl sites for hydroxylation is 1. The molecule has 0 aliphatic carbocycles. The molecule has 0 unspecified atom stereocenters. The Morgan fingerprint density at radius 1 is 1.26 bits per heavy atom. The highest BCUT2D eigenvalue weighted by atomic mass is 16.4. The molecule has 5 nitrogen and oxygen atoms in total. The standard InChI is InChI=1S/C14H11N3O2/c1-8-3-2-4-9(5-8)12-10-6-11(14(18)19)17-13(10)16-7-15-12/h2-7H,1H3,(H,18,19)(H,15,16,17). The van der Waals surface area contributed by atoms with Crippen LogP contribution in [0.3, 0.4) is 0 Å². The van der Waals surface area contributed by atoms with Crippen molar-refractivity contribution >= 4 is 17.0 Å². The Morgan fingerprint density at radius 2 is 2.11 bits per heavy atom. The van der Waals surface area contributed by atoms with Crippen LogP contribution in [0, 0.1) is 6.92 Å². The highest BCUT2D eigenvalue weighted by Crippen LogP contribution is 2.26. The van der Waals surface area contributed by atoms with Crippen molar-refractivity contribution in [1.29, 1.82) is 0 Å². The molecule has 2 heterocycles. The van der Waals surface area contributed by atoms with Crippen molar-refractivity contribution in [3.05, 3.63) is 47.9 Å². The van der Waals surface area contributed by atoms with E-state index >= 15 is 0 Å². The molecule has 3 rings (SSSR count). The quantitative estimate of drug-likeness (QED) is 0.735. The molecule has 5 heteroatoms. The molecule has 0 aliphatic heterocycles. The Morgan fingerprint density at radius 3 is 2.84 bits per heavy atom. The van der Waals surface area contributed by atoms with Crippen molar-refractivity contribution in [3.8, 4) is 11.3 Å². The summed E-state index contributed by atoms with van der Waals surface area (Å²) >= 11 is 0. The van der Waals surface area contributed by atoms with Gasteiger partial charge in [-0.1, -0.05) is 23.8 Å². The van der Waals surface area contributed by atoms with Gasteiger partial charge in [0.1, 0.15) is 17.7 Å². The summed E-state index contributed by atoms with van der Waals surface area (Å²) < 4.78 is 0. The summed E-state index contributed by atoms with van der Waals surface area (Å²) in [4.78, 5) is 22.1. The van der Waals surface area contributed by atoms with E-state index in [9.17, 15) is 4.79 Å². The molecular formula is C14H11N3O2. The minimum Gasteiger partial charge on any atom is -0.477 e. The van der Waals surface area contributed by atoms with Crippen LogP contribution in [0.4, 0.5) is 0 Å². The first-order chi connectivity index (χ1) is 9.15. The number of carbonyl (C=O) groups is 1. The predicted molar refractivity (Wildman–Crippen MR) is 71.0 cm³/mol. The van der Waals surface area contributed by atoms with Crippen LogP contribution in [0.25, 0.3) is 22.3 Å². The highest BCUT2D eigenvalue weighted by Gasteiger charge is 2.13. The minimum absolute atomic E-state index is 0.115. The fraction of sp³-hybridized carbons (Fsp3) is 0.0714. The summed E-state index contributed by atoms with van der Waals surface area (Å²) in [6, 6.07) is 9.47. The van der Waals surface area contributed by atoms with Crippen LogP contribution in [0.5, 0.6) is 0 Å². The summed E-state index contributed by atoms with van der Waals surface area (Å²) in [5.74, 6) is -1.01. The number of fused-ring (bicyclic) bond motifs is 1. The third-order valence-electron chi connectivity index (χ3n) is 2.95. The van der Waals surface area contributed by atoms with E-state index in [0.717, 1.165) is 16.8 Å². The van der Waals surface area contributed by atoms with Crippen molar-refractivity contribution in [2.75, 3.05) is 0 Å². The maximum Gasteiger partial charge on any atom is 0.352 e. The first kappa shape index (κ1) is 11.4. The van der Waals surface area contributed by atoms with Crippen molar-refractivity contribution < 1.29 is 9.90 Å². The van der Waals surface area contributed by atoms with Gasteiger partial charge in [-0.25, -0.2) is 14.8 Å². The Balaban J connectivity index is 2.26. The number of H-pyrrole nitrogens is 1. The van der Waals surface area contributed by atoms with Gasteiger partial charge in [0.05, 0.1) is 5.69 Å². The van der Waals surface area contributed by atoms with E-state index in [2.05, 4.69) is 15.0 Å². The van der Waals surface area contributed by atoms with E-state index in [1.165, 1.54) is 6.33 Å². The fourth-order valence-electron chi connectivity index (χ4n) is 2.08. The predicted octanol–water partition coefficient (Wildman–Crippen LogP) is 2.63. The third kappa shape index (κ3) is 1.95. The minimum atomic E-state index is -1.01. The van der Waals surface area contributed by atoms with Crippen LogP contribution >= 0.6 is 0 Å². The van der Waals surface area contributed by atoms with Crippen LogP contribution in [0.15, 0.2) is 36.7 Å². The summed E-state index contributed by atoms with van der Waals surface area (Å²) in [5, 5.41) is 9.73. The van der Waals surface area contributed by atoms with Gasteiger partial charge in [-0.3, -0.25) is 0 Å². The second kappa shape index (κ2) is 4.20. The lowest BCUT2D eigenvalue weighted by molar-refractivity contribution is 0.0691. The lowest BCUT2D eigenvalue weighted by Gasteiger charge is -2.02. The number of carboxylic acid groups (broad SMARTS) is 1. The normalized spacial score (nSPS) is 10.8. The average Bonchev–Trinajstić information content (AvgIpc) is 2.82. The zero-order valence-corrected chi connectivity index (χ0v) is 10.2. The maximum absolute atomic E-state index is 11.0. The largest absolute Gasteiger partial charge is 0.477 e. The zero-order valence-electron chi connectivity index (χ0n) is 10.2. The molecule has 0 atom stereocenters. The Labute approximate surface area is 109 Å². The van der Waals surface area contributed by atoms with Crippen LogP contribution in [0.1, 0.15) is 16.1 Å². The molecular weight excluding hydrogens is 242 g/mol. The van der Waals surface area contributed by atoms with E-state index in [1.54, 1.807) is 6.07 Å². The smallest absolute Gasteiger partial charge is 0.352 e. The van der Waals surface area contributed by atoms with Gasteiger partial charge in [-0.05, 0) is 19.1 Å². The van der Waals surface area contributed by atoms with Gasteiger partial charge in [-0.15, -0.1) is 0 Å². The molecule has 2 aromatic heterocycles. The van der Waals surface area contributed by atoms with Gasteiger partial charge in [0.2, 0.25) is 0 Å². The number of nitrogens with zero attached hydrogens (tertiary/aromatic N) is 2. The summed E-state index contributed by atoms with van der Waals surface area (Å²) in [6.45, 7) is 2.00.